The monoisotopic (exact) mass is 383 g/mol. The molecular formula is C18H17N5O3S. The van der Waals surface area contributed by atoms with Crippen molar-refractivity contribution in [2.75, 3.05) is 19.0 Å². The smallest absolute Gasteiger partial charge is 0.273 e. The Morgan fingerprint density at radius 3 is 2.93 bits per heavy atom. The van der Waals surface area contributed by atoms with Gasteiger partial charge in [-0.25, -0.2) is 9.97 Å². The lowest BCUT2D eigenvalue weighted by molar-refractivity contribution is 0.0727. The molecule has 2 N–H and O–H groups in total. The first-order valence-corrected chi connectivity index (χ1v) is 9.23. The number of anilines is 2. The Morgan fingerprint density at radius 2 is 2.15 bits per heavy atom. The molecule has 0 radical (unpaired) electrons. The van der Waals surface area contributed by atoms with Gasteiger partial charge in [-0.2, -0.15) is 0 Å². The topological polar surface area (TPSA) is 100 Å². The maximum absolute atomic E-state index is 12.8. The van der Waals surface area contributed by atoms with Gasteiger partial charge in [0.25, 0.3) is 11.5 Å². The average molecular weight is 383 g/mol. The van der Waals surface area contributed by atoms with E-state index < -0.39 is 0 Å². The zero-order valence-electron chi connectivity index (χ0n) is 14.6. The van der Waals surface area contributed by atoms with E-state index in [1.807, 2.05) is 24.3 Å². The second-order valence-electron chi connectivity index (χ2n) is 6.03. The lowest BCUT2D eigenvalue weighted by Crippen LogP contribution is -2.39. The number of carbonyl (C=O) groups is 1. The number of hydrogen-bond donors (Lipinski definition) is 2. The molecule has 8 nitrogen and oxygen atoms in total. The molecule has 0 spiro atoms. The molecule has 0 atom stereocenters. The molecule has 3 aromatic rings. The van der Waals surface area contributed by atoms with Crippen LogP contribution in [0.3, 0.4) is 0 Å². The lowest BCUT2D eigenvalue weighted by atomic mass is 10.1. The SMILES string of the molecule is COc1ccc(Nc2nc(C(=O)N3CCc4nc[nH]c(=O)c4C3)cs2)cc1. The first-order valence-electron chi connectivity index (χ1n) is 8.35. The van der Waals surface area contributed by atoms with Gasteiger partial charge in [-0.15, -0.1) is 11.3 Å². The number of carbonyl (C=O) groups excluding carboxylic acids is 1. The highest BCUT2D eigenvalue weighted by Gasteiger charge is 2.25. The molecule has 2 aromatic heterocycles. The molecular weight excluding hydrogens is 366 g/mol. The lowest BCUT2D eigenvalue weighted by Gasteiger charge is -2.26. The van der Waals surface area contributed by atoms with Crippen molar-refractivity contribution < 1.29 is 9.53 Å². The average Bonchev–Trinajstić information content (AvgIpc) is 3.16. The van der Waals surface area contributed by atoms with Gasteiger partial charge in [-0.05, 0) is 24.3 Å². The number of ether oxygens (including phenoxy) is 1. The van der Waals surface area contributed by atoms with E-state index in [4.69, 9.17) is 4.74 Å². The van der Waals surface area contributed by atoms with Crippen LogP contribution in [-0.2, 0) is 13.0 Å². The van der Waals surface area contributed by atoms with Crippen molar-refractivity contribution in [2.45, 2.75) is 13.0 Å². The van der Waals surface area contributed by atoms with Gasteiger partial charge >= 0.3 is 0 Å². The number of aromatic amines is 1. The van der Waals surface area contributed by atoms with Crippen molar-refractivity contribution in [3.05, 3.63) is 63.3 Å². The largest absolute Gasteiger partial charge is 0.497 e. The fourth-order valence-electron chi connectivity index (χ4n) is 2.92. The van der Waals surface area contributed by atoms with Gasteiger partial charge < -0.3 is 19.9 Å². The van der Waals surface area contributed by atoms with Crippen LogP contribution in [0.1, 0.15) is 21.7 Å². The number of fused-ring (bicyclic) bond motifs is 1. The Morgan fingerprint density at radius 1 is 1.33 bits per heavy atom. The normalized spacial score (nSPS) is 13.1. The maximum atomic E-state index is 12.8. The predicted molar refractivity (Wildman–Crippen MR) is 102 cm³/mol. The fraction of sp³-hybridized carbons (Fsp3) is 0.222. The summed E-state index contributed by atoms with van der Waals surface area (Å²) in [5.41, 5.74) is 2.32. The molecule has 0 fully saturated rings. The quantitative estimate of drug-likeness (QED) is 0.716. The number of nitrogens with zero attached hydrogens (tertiary/aromatic N) is 3. The van der Waals surface area contributed by atoms with E-state index in [9.17, 15) is 9.59 Å². The summed E-state index contributed by atoms with van der Waals surface area (Å²) in [6.07, 6.45) is 1.96. The van der Waals surface area contributed by atoms with Crippen molar-refractivity contribution in [1.82, 2.24) is 19.9 Å². The number of H-pyrrole nitrogens is 1. The highest BCUT2D eigenvalue weighted by Crippen LogP contribution is 2.24. The van der Waals surface area contributed by atoms with Crippen LogP contribution in [0.25, 0.3) is 0 Å². The minimum atomic E-state index is -0.197. The number of benzene rings is 1. The highest BCUT2D eigenvalue weighted by atomic mass is 32.1. The van der Waals surface area contributed by atoms with E-state index in [0.29, 0.717) is 29.4 Å². The molecule has 27 heavy (non-hydrogen) atoms. The summed E-state index contributed by atoms with van der Waals surface area (Å²) in [6, 6.07) is 7.45. The zero-order valence-corrected chi connectivity index (χ0v) is 15.4. The van der Waals surface area contributed by atoms with Crippen LogP contribution in [0.5, 0.6) is 5.75 Å². The minimum Gasteiger partial charge on any atom is -0.497 e. The number of amides is 1. The van der Waals surface area contributed by atoms with Gasteiger partial charge in [0.1, 0.15) is 11.4 Å². The number of methoxy groups -OCH3 is 1. The Hall–Kier alpha value is -3.20. The number of rotatable bonds is 4. The molecule has 138 valence electrons. The molecule has 4 rings (SSSR count). The third-order valence-corrected chi connectivity index (χ3v) is 5.12. The van der Waals surface area contributed by atoms with Crippen LogP contribution in [0.2, 0.25) is 0 Å². The summed E-state index contributed by atoms with van der Waals surface area (Å²) < 4.78 is 5.14. The summed E-state index contributed by atoms with van der Waals surface area (Å²) in [5.74, 6) is 0.577. The van der Waals surface area contributed by atoms with Crippen LogP contribution in [0.15, 0.2) is 40.8 Å². The summed E-state index contributed by atoms with van der Waals surface area (Å²) in [6.45, 7) is 0.761. The van der Waals surface area contributed by atoms with E-state index in [2.05, 4.69) is 20.3 Å². The van der Waals surface area contributed by atoms with E-state index >= 15 is 0 Å². The van der Waals surface area contributed by atoms with Crippen molar-refractivity contribution in [2.24, 2.45) is 0 Å². The molecule has 0 saturated heterocycles. The molecule has 3 heterocycles. The third-order valence-electron chi connectivity index (χ3n) is 4.36. The predicted octanol–water partition coefficient (Wildman–Crippen LogP) is 2.18. The summed E-state index contributed by atoms with van der Waals surface area (Å²) in [5, 5.41) is 5.52. The minimum absolute atomic E-state index is 0.192. The van der Waals surface area contributed by atoms with E-state index in [0.717, 1.165) is 17.1 Å². The number of nitrogens with one attached hydrogen (secondary N) is 2. The fourth-order valence-corrected chi connectivity index (χ4v) is 3.62. The van der Waals surface area contributed by atoms with E-state index in [-0.39, 0.29) is 18.0 Å². The van der Waals surface area contributed by atoms with Gasteiger partial charge in [0.2, 0.25) is 0 Å². The van der Waals surface area contributed by atoms with Crippen molar-refractivity contribution >= 4 is 28.1 Å². The third kappa shape index (κ3) is 3.54. The van der Waals surface area contributed by atoms with Crippen LogP contribution in [0.4, 0.5) is 10.8 Å². The summed E-state index contributed by atoms with van der Waals surface area (Å²) >= 11 is 1.35. The molecule has 1 aromatic carbocycles. The molecule has 1 aliphatic rings. The highest BCUT2D eigenvalue weighted by molar-refractivity contribution is 7.14. The van der Waals surface area contributed by atoms with Gasteiger partial charge in [0.15, 0.2) is 5.13 Å². The Labute approximate surface area is 158 Å². The zero-order chi connectivity index (χ0) is 18.8. The van der Waals surface area contributed by atoms with Crippen LogP contribution >= 0.6 is 11.3 Å². The van der Waals surface area contributed by atoms with Gasteiger partial charge in [-0.3, -0.25) is 9.59 Å². The van der Waals surface area contributed by atoms with Crippen molar-refractivity contribution in [3.63, 3.8) is 0 Å². The summed E-state index contributed by atoms with van der Waals surface area (Å²) in [7, 11) is 1.62. The van der Waals surface area contributed by atoms with Crippen LogP contribution in [-0.4, -0.2) is 39.4 Å². The Bertz CT molecular complexity index is 1030. The molecule has 0 aliphatic carbocycles. The van der Waals surface area contributed by atoms with Crippen molar-refractivity contribution in [1.29, 1.82) is 0 Å². The van der Waals surface area contributed by atoms with Crippen molar-refractivity contribution in [3.8, 4) is 5.75 Å². The first kappa shape index (κ1) is 17.2. The standard InChI is InChI=1S/C18H17N5O3S/c1-26-12-4-2-11(3-5-12)21-18-22-15(9-27-18)17(25)23-7-6-14-13(8-23)16(24)20-10-19-14/h2-5,9-10H,6-8H2,1H3,(H,21,22)(H,19,20,24). The van der Waals surface area contributed by atoms with Gasteiger partial charge in [-0.1, -0.05) is 0 Å². The molecule has 0 saturated carbocycles. The Kier molecular flexibility index (Phi) is 4.59. The Balaban J connectivity index is 1.47. The molecule has 9 heteroatoms. The van der Waals surface area contributed by atoms with Crippen LogP contribution in [0, 0.1) is 0 Å². The van der Waals surface area contributed by atoms with E-state index in [1.54, 1.807) is 17.4 Å². The molecule has 1 amide bonds. The number of thiazole rings is 1. The van der Waals surface area contributed by atoms with Gasteiger partial charge in [0, 0.05) is 24.0 Å². The molecule has 1 aliphatic heterocycles. The van der Waals surface area contributed by atoms with E-state index in [1.165, 1.54) is 17.7 Å². The maximum Gasteiger partial charge on any atom is 0.273 e. The molecule has 0 unspecified atom stereocenters. The second kappa shape index (κ2) is 7.20. The molecule has 0 bridgehead atoms. The number of aromatic nitrogens is 3. The second-order valence-corrected chi connectivity index (χ2v) is 6.88. The summed E-state index contributed by atoms with van der Waals surface area (Å²) in [4.78, 5) is 37.5. The van der Waals surface area contributed by atoms with Crippen LogP contribution < -0.4 is 15.6 Å². The number of hydrogen-bond acceptors (Lipinski definition) is 7. The first-order chi connectivity index (χ1) is 13.1. The van der Waals surface area contributed by atoms with Gasteiger partial charge in [0.05, 0.1) is 31.2 Å².